The van der Waals surface area contributed by atoms with Gasteiger partial charge in [0, 0.05) is 16.1 Å². The third-order valence-corrected chi connectivity index (χ3v) is 4.52. The van der Waals surface area contributed by atoms with Gasteiger partial charge in [-0.2, -0.15) is 0 Å². The van der Waals surface area contributed by atoms with Crippen molar-refractivity contribution in [2.45, 2.75) is 38.7 Å². The molecule has 0 N–H and O–H groups in total. The topological polar surface area (TPSA) is 18.5 Å². The molecule has 3 heteroatoms. The van der Waals surface area contributed by atoms with Gasteiger partial charge in [0.2, 0.25) is 0 Å². The summed E-state index contributed by atoms with van der Waals surface area (Å²) in [5.74, 6) is 1.98. The molecule has 2 aromatic carbocycles. The molecule has 1 aliphatic heterocycles. The van der Waals surface area contributed by atoms with Crippen LogP contribution in [0, 0.1) is 0 Å². The average Bonchev–Trinajstić information content (AvgIpc) is 2.47. The largest absolute Gasteiger partial charge is 0.493 e. The number of ether oxygens (including phenoxy) is 2. The van der Waals surface area contributed by atoms with Crippen LogP contribution in [-0.2, 0) is 6.42 Å². The highest BCUT2D eigenvalue weighted by Crippen LogP contribution is 2.41. The van der Waals surface area contributed by atoms with Crippen molar-refractivity contribution in [1.29, 1.82) is 0 Å². The molecule has 112 valence electrons. The van der Waals surface area contributed by atoms with Crippen molar-refractivity contribution >= 4 is 26.7 Å². The average molecular weight is 349 g/mol. The maximum absolute atomic E-state index is 6.25. The van der Waals surface area contributed by atoms with Gasteiger partial charge >= 0.3 is 0 Å². The molecule has 3 rings (SSSR count). The first-order valence-electron chi connectivity index (χ1n) is 7.53. The fourth-order valence-electron chi connectivity index (χ4n) is 2.79. The summed E-state index contributed by atoms with van der Waals surface area (Å²) >= 11 is 3.43. The van der Waals surface area contributed by atoms with E-state index in [1.807, 2.05) is 6.07 Å². The number of benzene rings is 2. The summed E-state index contributed by atoms with van der Waals surface area (Å²) in [6.07, 6.45) is 3.14. The first-order chi connectivity index (χ1) is 10.1. The van der Waals surface area contributed by atoms with Gasteiger partial charge in [-0.3, -0.25) is 0 Å². The maximum atomic E-state index is 6.25. The van der Waals surface area contributed by atoms with E-state index in [1.165, 1.54) is 5.56 Å². The molecular weight excluding hydrogens is 328 g/mol. The Morgan fingerprint density at radius 1 is 1.19 bits per heavy atom. The minimum absolute atomic E-state index is 0.0892. The molecule has 0 aromatic heterocycles. The standard InChI is InChI=1S/C18H21BrO2/c1-18(2)10-9-13-7-8-14-15(17(13)21-18)5-3-6-16(14)20-12-4-11-19/h3,5-8H,4,9-12H2,1-2H3. The quantitative estimate of drug-likeness (QED) is 0.564. The summed E-state index contributed by atoms with van der Waals surface area (Å²) in [4.78, 5) is 0. The van der Waals surface area contributed by atoms with Crippen molar-refractivity contribution in [3.05, 3.63) is 35.9 Å². The van der Waals surface area contributed by atoms with Crippen molar-refractivity contribution < 1.29 is 9.47 Å². The van der Waals surface area contributed by atoms with Gasteiger partial charge in [-0.25, -0.2) is 0 Å². The minimum atomic E-state index is -0.0892. The zero-order valence-corrected chi connectivity index (χ0v) is 14.2. The Morgan fingerprint density at radius 3 is 2.86 bits per heavy atom. The van der Waals surface area contributed by atoms with Crippen LogP contribution in [-0.4, -0.2) is 17.5 Å². The van der Waals surface area contributed by atoms with Gasteiger partial charge in [0.15, 0.2) is 0 Å². The van der Waals surface area contributed by atoms with Crippen LogP contribution in [0.5, 0.6) is 11.5 Å². The Balaban J connectivity index is 2.02. The zero-order chi connectivity index (χ0) is 14.9. The summed E-state index contributed by atoms with van der Waals surface area (Å²) in [5, 5.41) is 3.27. The van der Waals surface area contributed by atoms with Gasteiger partial charge < -0.3 is 9.47 Å². The number of aryl methyl sites for hydroxylation is 1. The molecule has 0 aliphatic carbocycles. The predicted octanol–water partition coefficient (Wildman–Crippen LogP) is 5.11. The van der Waals surface area contributed by atoms with Gasteiger partial charge in [-0.05, 0) is 44.7 Å². The summed E-state index contributed by atoms with van der Waals surface area (Å²) in [6, 6.07) is 10.6. The monoisotopic (exact) mass is 348 g/mol. The van der Waals surface area contributed by atoms with Crippen LogP contribution in [0.25, 0.3) is 10.8 Å². The predicted molar refractivity (Wildman–Crippen MR) is 90.9 cm³/mol. The number of rotatable bonds is 4. The SMILES string of the molecule is CC1(C)CCc2ccc3c(OCCCBr)cccc3c2O1. The second-order valence-corrected chi connectivity index (χ2v) is 6.95. The van der Waals surface area contributed by atoms with E-state index in [2.05, 4.69) is 54.0 Å². The molecular formula is C18H21BrO2. The Kier molecular flexibility index (Phi) is 4.12. The number of halogens is 1. The lowest BCUT2D eigenvalue weighted by molar-refractivity contribution is 0.0868. The molecule has 0 saturated heterocycles. The van der Waals surface area contributed by atoms with Crippen molar-refractivity contribution in [1.82, 2.24) is 0 Å². The lowest BCUT2D eigenvalue weighted by Gasteiger charge is -2.33. The van der Waals surface area contributed by atoms with E-state index in [4.69, 9.17) is 9.47 Å². The second-order valence-electron chi connectivity index (χ2n) is 6.16. The lowest BCUT2D eigenvalue weighted by Crippen LogP contribution is -2.32. The van der Waals surface area contributed by atoms with Gasteiger partial charge in [-0.1, -0.05) is 40.2 Å². The van der Waals surface area contributed by atoms with E-state index in [0.29, 0.717) is 0 Å². The Bertz CT molecular complexity index is 649. The Hall–Kier alpha value is -1.22. The third-order valence-electron chi connectivity index (χ3n) is 3.96. The van der Waals surface area contributed by atoms with Crippen LogP contribution in [0.3, 0.4) is 0 Å². The van der Waals surface area contributed by atoms with E-state index in [1.54, 1.807) is 0 Å². The summed E-state index contributed by atoms with van der Waals surface area (Å²) < 4.78 is 12.2. The number of hydrogen-bond donors (Lipinski definition) is 0. The molecule has 1 heterocycles. The van der Waals surface area contributed by atoms with Crippen LogP contribution < -0.4 is 9.47 Å². The van der Waals surface area contributed by atoms with Crippen LogP contribution in [0.4, 0.5) is 0 Å². The minimum Gasteiger partial charge on any atom is -0.493 e. The van der Waals surface area contributed by atoms with Crippen molar-refractivity contribution in [2.24, 2.45) is 0 Å². The van der Waals surface area contributed by atoms with Crippen molar-refractivity contribution in [2.75, 3.05) is 11.9 Å². The maximum Gasteiger partial charge on any atom is 0.131 e. The van der Waals surface area contributed by atoms with E-state index >= 15 is 0 Å². The number of fused-ring (bicyclic) bond motifs is 3. The smallest absolute Gasteiger partial charge is 0.131 e. The molecule has 1 aliphatic rings. The molecule has 2 nitrogen and oxygen atoms in total. The third kappa shape index (κ3) is 3.03. The van der Waals surface area contributed by atoms with E-state index in [0.717, 1.165) is 53.5 Å². The number of hydrogen-bond acceptors (Lipinski definition) is 2. The highest BCUT2D eigenvalue weighted by molar-refractivity contribution is 9.09. The first kappa shape index (κ1) is 14.7. The number of alkyl halides is 1. The molecule has 0 saturated carbocycles. The highest BCUT2D eigenvalue weighted by Gasteiger charge is 2.28. The molecule has 0 unspecified atom stereocenters. The fraction of sp³-hybridized carbons (Fsp3) is 0.444. The first-order valence-corrected chi connectivity index (χ1v) is 8.65. The normalized spacial score (nSPS) is 16.3. The molecule has 0 bridgehead atoms. The Labute approximate surface area is 134 Å². The van der Waals surface area contributed by atoms with Crippen LogP contribution in [0.15, 0.2) is 30.3 Å². The fourth-order valence-corrected chi connectivity index (χ4v) is 3.02. The summed E-state index contributed by atoms with van der Waals surface area (Å²) in [7, 11) is 0. The highest BCUT2D eigenvalue weighted by atomic mass is 79.9. The molecule has 0 atom stereocenters. The van der Waals surface area contributed by atoms with E-state index in [-0.39, 0.29) is 5.60 Å². The van der Waals surface area contributed by atoms with Crippen LogP contribution >= 0.6 is 15.9 Å². The summed E-state index contributed by atoms with van der Waals surface area (Å²) in [6.45, 7) is 5.05. The van der Waals surface area contributed by atoms with Gasteiger partial charge in [0.05, 0.1) is 6.61 Å². The molecule has 0 spiro atoms. The van der Waals surface area contributed by atoms with E-state index < -0.39 is 0 Å². The van der Waals surface area contributed by atoms with Gasteiger partial charge in [0.1, 0.15) is 17.1 Å². The molecule has 0 amide bonds. The van der Waals surface area contributed by atoms with Gasteiger partial charge in [0.25, 0.3) is 0 Å². The molecule has 0 fully saturated rings. The van der Waals surface area contributed by atoms with Crippen LogP contribution in [0.1, 0.15) is 32.3 Å². The van der Waals surface area contributed by atoms with Crippen molar-refractivity contribution in [3.63, 3.8) is 0 Å². The molecule has 2 aromatic rings. The lowest BCUT2D eigenvalue weighted by atomic mass is 9.92. The second kappa shape index (κ2) is 5.88. The van der Waals surface area contributed by atoms with E-state index in [9.17, 15) is 0 Å². The summed E-state index contributed by atoms with van der Waals surface area (Å²) in [5.41, 5.74) is 1.22. The zero-order valence-electron chi connectivity index (χ0n) is 12.6. The van der Waals surface area contributed by atoms with Gasteiger partial charge in [-0.15, -0.1) is 0 Å². The van der Waals surface area contributed by atoms with Crippen molar-refractivity contribution in [3.8, 4) is 11.5 Å². The van der Waals surface area contributed by atoms with Crippen LogP contribution in [0.2, 0.25) is 0 Å². The molecule has 21 heavy (non-hydrogen) atoms. The molecule has 0 radical (unpaired) electrons. The Morgan fingerprint density at radius 2 is 2.05 bits per heavy atom.